The lowest BCUT2D eigenvalue weighted by Gasteiger charge is -2.22. The van der Waals surface area contributed by atoms with Crippen molar-refractivity contribution in [3.8, 4) is 22.4 Å². The molecule has 0 aliphatic carbocycles. The van der Waals surface area contributed by atoms with Crippen molar-refractivity contribution in [3.05, 3.63) is 59.8 Å². The molecule has 1 N–H and O–H groups in total. The van der Waals surface area contributed by atoms with Gasteiger partial charge in [0, 0.05) is 36.1 Å². The SMILES string of the molecule is CC1Cn2nc(-c3ccc(C(F)(F)F)cc3F)c(-c3ccncc3)c2CN1.[Cl-].[H+]. The van der Waals surface area contributed by atoms with E-state index in [-0.39, 0.29) is 25.4 Å². The number of benzene rings is 1. The molecule has 0 fully saturated rings. The number of halogens is 5. The van der Waals surface area contributed by atoms with Crippen LogP contribution in [0.15, 0.2) is 42.7 Å². The molecule has 28 heavy (non-hydrogen) atoms. The topological polar surface area (TPSA) is 42.7 Å². The van der Waals surface area contributed by atoms with Gasteiger partial charge in [-0.15, -0.1) is 0 Å². The van der Waals surface area contributed by atoms with E-state index in [2.05, 4.69) is 15.4 Å². The highest BCUT2D eigenvalue weighted by atomic mass is 35.5. The van der Waals surface area contributed by atoms with Crippen LogP contribution in [0.25, 0.3) is 22.4 Å². The summed E-state index contributed by atoms with van der Waals surface area (Å²) in [5.41, 5.74) is 1.72. The zero-order chi connectivity index (χ0) is 19.2. The van der Waals surface area contributed by atoms with Crippen LogP contribution in [0.1, 0.15) is 19.6 Å². The monoisotopic (exact) mass is 412 g/mol. The molecule has 3 aromatic rings. The Labute approximate surface area is 166 Å². The maximum absolute atomic E-state index is 14.6. The second-order valence-electron chi connectivity index (χ2n) is 6.56. The summed E-state index contributed by atoms with van der Waals surface area (Å²) in [4.78, 5) is 4.00. The highest BCUT2D eigenvalue weighted by Gasteiger charge is 2.32. The zero-order valence-electron chi connectivity index (χ0n) is 15.8. The van der Waals surface area contributed by atoms with Gasteiger partial charge in [-0.3, -0.25) is 9.67 Å². The van der Waals surface area contributed by atoms with Gasteiger partial charge >= 0.3 is 7.60 Å². The lowest BCUT2D eigenvalue weighted by atomic mass is 9.98. The number of hydrogen-bond donors (Lipinski definition) is 1. The standard InChI is InChI=1S/C19H16F4N4.ClH/c1-11-10-27-16(9-25-11)17(12-4-6-24-7-5-12)18(26-27)14-3-2-13(8-15(14)20)19(21,22)23;/h2-8,11,25H,9-10H2,1H3;1H. The molecule has 1 atom stereocenters. The predicted octanol–water partition coefficient (Wildman–Crippen LogP) is 1.38. The Morgan fingerprint density at radius 2 is 1.89 bits per heavy atom. The Morgan fingerprint density at radius 1 is 1.18 bits per heavy atom. The van der Waals surface area contributed by atoms with Crippen molar-refractivity contribution in [3.63, 3.8) is 0 Å². The van der Waals surface area contributed by atoms with Gasteiger partial charge in [0.15, 0.2) is 0 Å². The minimum atomic E-state index is -4.60. The minimum Gasteiger partial charge on any atom is -1.00 e. The van der Waals surface area contributed by atoms with Gasteiger partial charge in [0.2, 0.25) is 0 Å². The van der Waals surface area contributed by atoms with Crippen molar-refractivity contribution in [2.45, 2.75) is 32.2 Å². The average Bonchev–Trinajstić information content (AvgIpc) is 2.99. The molecular weight excluding hydrogens is 396 g/mol. The van der Waals surface area contributed by atoms with Crippen molar-refractivity contribution < 1.29 is 31.4 Å². The van der Waals surface area contributed by atoms with Crippen molar-refractivity contribution >= 4 is 0 Å². The summed E-state index contributed by atoms with van der Waals surface area (Å²) in [6.07, 6.45) is -1.36. The Balaban J connectivity index is 0.00000150. The summed E-state index contributed by atoms with van der Waals surface area (Å²) in [5, 5.41) is 7.87. The molecule has 0 spiro atoms. The van der Waals surface area contributed by atoms with Crippen molar-refractivity contribution in [2.75, 3.05) is 0 Å². The smallest absolute Gasteiger partial charge is 1.00 e. The number of alkyl halides is 3. The molecule has 148 valence electrons. The fraction of sp³-hybridized carbons (Fsp3) is 0.263. The number of pyridine rings is 1. The van der Waals surface area contributed by atoms with E-state index in [1.807, 2.05) is 6.92 Å². The van der Waals surface area contributed by atoms with Crippen LogP contribution in [0.5, 0.6) is 0 Å². The van der Waals surface area contributed by atoms with Crippen LogP contribution in [0.4, 0.5) is 17.6 Å². The Kier molecular flexibility index (Phi) is 5.45. The van der Waals surface area contributed by atoms with E-state index in [0.29, 0.717) is 30.4 Å². The number of nitrogens with one attached hydrogen (secondary N) is 1. The summed E-state index contributed by atoms with van der Waals surface area (Å²) < 4.78 is 55.0. The lowest BCUT2D eigenvalue weighted by molar-refractivity contribution is -0.137. The number of fused-ring (bicyclic) bond motifs is 1. The van der Waals surface area contributed by atoms with Crippen molar-refractivity contribution in [1.82, 2.24) is 20.1 Å². The van der Waals surface area contributed by atoms with Crippen molar-refractivity contribution in [2.24, 2.45) is 0 Å². The molecule has 0 amide bonds. The van der Waals surface area contributed by atoms with Crippen LogP contribution in [-0.4, -0.2) is 20.8 Å². The normalized spacial score (nSPS) is 16.4. The number of rotatable bonds is 2. The minimum absolute atomic E-state index is 0. The lowest BCUT2D eigenvalue weighted by Crippen LogP contribution is -3.00. The second kappa shape index (κ2) is 7.52. The van der Waals surface area contributed by atoms with Gasteiger partial charge in [-0.05, 0) is 42.8 Å². The Morgan fingerprint density at radius 3 is 2.54 bits per heavy atom. The highest BCUT2D eigenvalue weighted by molar-refractivity contribution is 5.83. The molecule has 1 aromatic carbocycles. The Hall–Kier alpha value is -2.45. The van der Waals surface area contributed by atoms with Gasteiger partial charge in [0.05, 0.1) is 17.8 Å². The third-order valence-corrected chi connectivity index (χ3v) is 4.64. The van der Waals surface area contributed by atoms with Crippen LogP contribution in [0.2, 0.25) is 0 Å². The third-order valence-electron chi connectivity index (χ3n) is 4.64. The molecule has 4 nitrogen and oxygen atoms in total. The van der Waals surface area contributed by atoms with E-state index in [9.17, 15) is 17.6 Å². The van der Waals surface area contributed by atoms with E-state index in [0.717, 1.165) is 23.4 Å². The molecule has 0 bridgehead atoms. The van der Waals surface area contributed by atoms with E-state index in [1.165, 1.54) is 0 Å². The quantitative estimate of drug-likeness (QED) is 0.647. The van der Waals surface area contributed by atoms with E-state index < -0.39 is 17.6 Å². The van der Waals surface area contributed by atoms with Crippen LogP contribution in [0.3, 0.4) is 0 Å². The third kappa shape index (κ3) is 3.62. The highest BCUT2D eigenvalue weighted by Crippen LogP contribution is 2.38. The van der Waals surface area contributed by atoms with Crippen LogP contribution in [0, 0.1) is 5.82 Å². The predicted molar refractivity (Wildman–Crippen MR) is 93.3 cm³/mol. The average molecular weight is 413 g/mol. The maximum atomic E-state index is 14.6. The Bertz CT molecular complexity index is 992. The van der Waals surface area contributed by atoms with E-state index >= 15 is 0 Å². The van der Waals surface area contributed by atoms with E-state index in [4.69, 9.17) is 0 Å². The molecular formula is C19H17ClF4N4. The van der Waals surface area contributed by atoms with Gasteiger partial charge in [-0.25, -0.2) is 4.39 Å². The maximum Gasteiger partial charge on any atom is 1.00 e. The van der Waals surface area contributed by atoms with Crippen LogP contribution >= 0.6 is 0 Å². The molecule has 2 aromatic heterocycles. The molecule has 1 aliphatic rings. The van der Waals surface area contributed by atoms with Crippen molar-refractivity contribution in [1.29, 1.82) is 0 Å². The summed E-state index contributed by atoms with van der Waals surface area (Å²) in [6, 6.07) is 6.29. The zero-order valence-corrected chi connectivity index (χ0v) is 15.5. The second-order valence-corrected chi connectivity index (χ2v) is 6.56. The van der Waals surface area contributed by atoms with Crippen LogP contribution in [-0.2, 0) is 19.3 Å². The largest absolute Gasteiger partial charge is 1.00 e. The summed E-state index contributed by atoms with van der Waals surface area (Å²) >= 11 is 0. The summed E-state index contributed by atoms with van der Waals surface area (Å²) in [5.74, 6) is -0.948. The first-order valence-electron chi connectivity index (χ1n) is 8.45. The first-order chi connectivity index (χ1) is 12.8. The number of aromatic nitrogens is 3. The van der Waals surface area contributed by atoms with Gasteiger partial charge in [0.25, 0.3) is 0 Å². The number of hydrogen-bond acceptors (Lipinski definition) is 3. The van der Waals surface area contributed by atoms with Gasteiger partial charge in [-0.1, -0.05) is 0 Å². The first-order valence-corrected chi connectivity index (χ1v) is 8.45. The molecule has 9 heteroatoms. The molecule has 0 radical (unpaired) electrons. The molecule has 4 rings (SSSR count). The fourth-order valence-electron chi connectivity index (χ4n) is 3.32. The van der Waals surface area contributed by atoms with Gasteiger partial charge in [-0.2, -0.15) is 18.3 Å². The first kappa shape index (κ1) is 20.3. The van der Waals surface area contributed by atoms with Crippen LogP contribution < -0.4 is 17.7 Å². The van der Waals surface area contributed by atoms with Gasteiger partial charge in [0.1, 0.15) is 11.5 Å². The summed E-state index contributed by atoms with van der Waals surface area (Å²) in [6.45, 7) is 3.14. The fourth-order valence-corrected chi connectivity index (χ4v) is 3.32. The molecule has 1 aliphatic heterocycles. The molecule has 3 heterocycles. The molecule has 0 saturated heterocycles. The van der Waals surface area contributed by atoms with Gasteiger partial charge < -0.3 is 17.7 Å². The molecule has 1 unspecified atom stereocenters. The van der Waals surface area contributed by atoms with E-state index in [1.54, 1.807) is 29.2 Å². The summed E-state index contributed by atoms with van der Waals surface area (Å²) in [7, 11) is 0. The molecule has 0 saturated carbocycles. The number of nitrogens with zero attached hydrogens (tertiary/aromatic N) is 3.